The Bertz CT molecular complexity index is 1390. The number of nitrogens with zero attached hydrogens (tertiary/aromatic N) is 2. The standard InChI is InChI=1S/C30H29N3O/c1-20(16-22-10-5-3-6-11-22)24-18-26(21(2)17-23-12-7-4-8-13-23)30(34)27(19-24)25-14-9-15-28-29(25)32-33-31-28/h3-15,18-21,34H,16-17H2,1-2H3,(H,31,32,33). The minimum atomic E-state index is 0.154. The van der Waals surface area contributed by atoms with Crippen LogP contribution >= 0.6 is 0 Å². The van der Waals surface area contributed by atoms with E-state index >= 15 is 0 Å². The van der Waals surface area contributed by atoms with Crippen molar-refractivity contribution in [3.05, 3.63) is 113 Å². The van der Waals surface area contributed by atoms with E-state index in [1.54, 1.807) is 0 Å². The second-order valence-corrected chi connectivity index (χ2v) is 9.18. The molecule has 2 N–H and O–H groups in total. The van der Waals surface area contributed by atoms with Crippen LogP contribution in [0.4, 0.5) is 0 Å². The molecule has 170 valence electrons. The highest BCUT2D eigenvalue weighted by Gasteiger charge is 2.21. The Hall–Kier alpha value is -3.92. The van der Waals surface area contributed by atoms with Crippen LogP contribution in [0.25, 0.3) is 22.2 Å². The first-order valence-electron chi connectivity index (χ1n) is 11.8. The van der Waals surface area contributed by atoms with Gasteiger partial charge in [0.2, 0.25) is 0 Å². The monoisotopic (exact) mass is 447 g/mol. The van der Waals surface area contributed by atoms with E-state index < -0.39 is 0 Å². The fourth-order valence-corrected chi connectivity index (χ4v) is 4.79. The third-order valence-corrected chi connectivity index (χ3v) is 6.67. The molecule has 0 radical (unpaired) electrons. The number of hydrogen-bond donors (Lipinski definition) is 2. The van der Waals surface area contributed by atoms with Crippen LogP contribution in [0.5, 0.6) is 5.75 Å². The van der Waals surface area contributed by atoms with E-state index in [0.717, 1.165) is 40.6 Å². The van der Waals surface area contributed by atoms with Gasteiger partial charge in [-0.1, -0.05) is 92.7 Å². The van der Waals surface area contributed by atoms with Crippen molar-refractivity contribution in [3.8, 4) is 16.9 Å². The van der Waals surface area contributed by atoms with Crippen molar-refractivity contribution >= 4 is 11.0 Å². The number of aromatic amines is 1. The lowest BCUT2D eigenvalue weighted by Crippen LogP contribution is -2.05. The molecule has 1 aromatic heterocycles. The van der Waals surface area contributed by atoms with Gasteiger partial charge < -0.3 is 5.11 Å². The molecule has 4 aromatic carbocycles. The molecule has 0 aliphatic rings. The molecular weight excluding hydrogens is 418 g/mol. The van der Waals surface area contributed by atoms with Crippen LogP contribution in [0, 0.1) is 0 Å². The van der Waals surface area contributed by atoms with Crippen molar-refractivity contribution in [2.75, 3.05) is 0 Å². The number of benzene rings is 4. The first-order chi connectivity index (χ1) is 16.6. The minimum Gasteiger partial charge on any atom is -0.507 e. The Morgan fingerprint density at radius 2 is 1.35 bits per heavy atom. The predicted octanol–water partition coefficient (Wildman–Crippen LogP) is 7.02. The number of aromatic hydroxyl groups is 1. The van der Waals surface area contributed by atoms with Gasteiger partial charge in [-0.3, -0.25) is 0 Å². The average Bonchev–Trinajstić information content (AvgIpc) is 3.34. The first kappa shape index (κ1) is 21.9. The molecule has 0 aliphatic heterocycles. The molecule has 0 fully saturated rings. The molecule has 5 aromatic rings. The number of H-pyrrole nitrogens is 1. The molecule has 4 heteroatoms. The smallest absolute Gasteiger partial charge is 0.126 e. The molecule has 0 saturated heterocycles. The highest BCUT2D eigenvalue weighted by molar-refractivity contribution is 5.93. The first-order valence-corrected chi connectivity index (χ1v) is 11.8. The van der Waals surface area contributed by atoms with Gasteiger partial charge in [-0.15, -0.1) is 0 Å². The molecule has 0 saturated carbocycles. The number of phenolic OH excluding ortho intramolecular Hbond substituents is 1. The van der Waals surface area contributed by atoms with Crippen LogP contribution in [-0.2, 0) is 12.8 Å². The number of aromatic nitrogens is 3. The minimum absolute atomic E-state index is 0.154. The Morgan fingerprint density at radius 3 is 2.03 bits per heavy atom. The number of rotatable bonds is 7. The van der Waals surface area contributed by atoms with Gasteiger partial charge in [0.25, 0.3) is 0 Å². The Labute approximate surface area is 200 Å². The lowest BCUT2D eigenvalue weighted by molar-refractivity contribution is 0.464. The lowest BCUT2D eigenvalue weighted by atomic mass is 9.84. The molecule has 4 nitrogen and oxygen atoms in total. The van der Waals surface area contributed by atoms with Crippen LogP contribution in [0.1, 0.15) is 47.9 Å². The fraction of sp³-hybridized carbons (Fsp3) is 0.200. The number of nitrogens with one attached hydrogen (secondary N) is 1. The fourth-order valence-electron chi connectivity index (χ4n) is 4.79. The van der Waals surface area contributed by atoms with Crippen molar-refractivity contribution in [2.45, 2.75) is 38.5 Å². The molecule has 0 spiro atoms. The van der Waals surface area contributed by atoms with Crippen molar-refractivity contribution in [1.82, 2.24) is 15.4 Å². The maximum Gasteiger partial charge on any atom is 0.126 e. The summed E-state index contributed by atoms with van der Waals surface area (Å²) in [7, 11) is 0. The number of fused-ring (bicyclic) bond motifs is 1. The Balaban J connectivity index is 1.60. The molecule has 0 amide bonds. The summed E-state index contributed by atoms with van der Waals surface area (Å²) in [5, 5.41) is 22.9. The molecule has 2 atom stereocenters. The van der Waals surface area contributed by atoms with E-state index in [1.165, 1.54) is 16.7 Å². The summed E-state index contributed by atoms with van der Waals surface area (Å²) in [6.07, 6.45) is 1.80. The van der Waals surface area contributed by atoms with Gasteiger partial charge in [0, 0.05) is 11.1 Å². The zero-order valence-corrected chi connectivity index (χ0v) is 19.6. The van der Waals surface area contributed by atoms with Crippen LogP contribution in [0.3, 0.4) is 0 Å². The zero-order valence-electron chi connectivity index (χ0n) is 19.6. The van der Waals surface area contributed by atoms with Crippen molar-refractivity contribution in [1.29, 1.82) is 0 Å². The van der Waals surface area contributed by atoms with Crippen molar-refractivity contribution in [3.63, 3.8) is 0 Å². The van der Waals surface area contributed by atoms with Crippen LogP contribution in [0.2, 0.25) is 0 Å². The van der Waals surface area contributed by atoms with Gasteiger partial charge in [0.1, 0.15) is 16.8 Å². The third-order valence-electron chi connectivity index (χ3n) is 6.67. The number of para-hydroxylation sites is 1. The molecular formula is C30H29N3O. The molecule has 0 aliphatic carbocycles. The molecule has 2 unspecified atom stereocenters. The summed E-state index contributed by atoms with van der Waals surface area (Å²) in [6.45, 7) is 4.44. The zero-order chi connectivity index (χ0) is 23.5. The van der Waals surface area contributed by atoms with Crippen molar-refractivity contribution < 1.29 is 5.11 Å². The molecule has 5 rings (SSSR count). The van der Waals surface area contributed by atoms with E-state index in [2.05, 4.69) is 96.0 Å². The average molecular weight is 448 g/mol. The van der Waals surface area contributed by atoms with Gasteiger partial charge >= 0.3 is 0 Å². The second kappa shape index (κ2) is 9.52. The third kappa shape index (κ3) is 4.44. The van der Waals surface area contributed by atoms with Gasteiger partial charge in [-0.2, -0.15) is 15.4 Å². The summed E-state index contributed by atoms with van der Waals surface area (Å²) in [5.41, 5.74) is 8.02. The summed E-state index contributed by atoms with van der Waals surface area (Å²) in [6, 6.07) is 31.3. The summed E-state index contributed by atoms with van der Waals surface area (Å²) in [5.74, 6) is 0.775. The van der Waals surface area contributed by atoms with E-state index in [1.807, 2.05) is 24.3 Å². The molecule has 1 heterocycles. The van der Waals surface area contributed by atoms with E-state index in [4.69, 9.17) is 0 Å². The lowest BCUT2D eigenvalue weighted by Gasteiger charge is -2.21. The van der Waals surface area contributed by atoms with Gasteiger partial charge in [-0.25, -0.2) is 0 Å². The summed E-state index contributed by atoms with van der Waals surface area (Å²) < 4.78 is 0. The Morgan fingerprint density at radius 1 is 0.706 bits per heavy atom. The summed E-state index contributed by atoms with van der Waals surface area (Å²) >= 11 is 0. The highest BCUT2D eigenvalue weighted by atomic mass is 16.3. The van der Waals surface area contributed by atoms with E-state index in [-0.39, 0.29) is 5.92 Å². The quantitative estimate of drug-likeness (QED) is 0.282. The SMILES string of the molecule is CC(Cc1ccccc1)c1cc(-c2cccc3n[nH]nc23)c(O)c(C(C)Cc2ccccc2)c1. The second-order valence-electron chi connectivity index (χ2n) is 9.18. The highest BCUT2D eigenvalue weighted by Crippen LogP contribution is 2.42. The van der Waals surface area contributed by atoms with Gasteiger partial charge in [0.05, 0.1) is 0 Å². The van der Waals surface area contributed by atoms with Crippen molar-refractivity contribution in [2.24, 2.45) is 0 Å². The maximum absolute atomic E-state index is 11.5. The summed E-state index contributed by atoms with van der Waals surface area (Å²) in [4.78, 5) is 0. The van der Waals surface area contributed by atoms with Crippen LogP contribution in [0.15, 0.2) is 91.0 Å². The number of hydrogen-bond acceptors (Lipinski definition) is 3. The van der Waals surface area contributed by atoms with E-state index in [9.17, 15) is 5.11 Å². The predicted molar refractivity (Wildman–Crippen MR) is 138 cm³/mol. The van der Waals surface area contributed by atoms with Gasteiger partial charge in [0.15, 0.2) is 0 Å². The Kier molecular flexibility index (Phi) is 6.13. The van der Waals surface area contributed by atoms with Gasteiger partial charge in [-0.05, 0) is 59.1 Å². The largest absolute Gasteiger partial charge is 0.507 e. The topological polar surface area (TPSA) is 61.8 Å². The van der Waals surface area contributed by atoms with Crippen LogP contribution in [-0.4, -0.2) is 20.5 Å². The normalized spacial score (nSPS) is 13.1. The van der Waals surface area contributed by atoms with E-state index in [0.29, 0.717) is 11.7 Å². The number of phenols is 1. The molecule has 0 bridgehead atoms. The van der Waals surface area contributed by atoms with Crippen LogP contribution < -0.4 is 0 Å². The maximum atomic E-state index is 11.5. The molecule has 34 heavy (non-hydrogen) atoms.